The minimum absolute atomic E-state index is 1.25. The van der Waals surface area contributed by atoms with E-state index < -0.39 is 0 Å². The van der Waals surface area contributed by atoms with Gasteiger partial charge in [0.25, 0.3) is 0 Å². The summed E-state index contributed by atoms with van der Waals surface area (Å²) in [6.07, 6.45) is 27.3. The van der Waals surface area contributed by atoms with Crippen molar-refractivity contribution >= 4 is 12.2 Å². The second kappa shape index (κ2) is 14.1. The van der Waals surface area contributed by atoms with Crippen LogP contribution < -0.4 is 0 Å². The van der Waals surface area contributed by atoms with Gasteiger partial charge in [0, 0.05) is 0 Å². The molecule has 0 amide bonds. The number of hydrogen-bond donors (Lipinski definition) is 0. The molecule has 0 heteroatoms. The summed E-state index contributed by atoms with van der Waals surface area (Å²) in [5.74, 6) is 0. The zero-order chi connectivity index (χ0) is 22.4. The molecule has 0 nitrogen and oxygen atoms in total. The minimum atomic E-state index is 1.25. The molecule has 1 aliphatic rings. The van der Waals surface area contributed by atoms with E-state index >= 15 is 0 Å². The zero-order valence-electron chi connectivity index (χ0n) is 20.7. The quantitative estimate of drug-likeness (QED) is 0.446. The first-order valence-electron chi connectivity index (χ1n) is 13.3. The molecule has 32 heavy (non-hydrogen) atoms. The predicted octanol–water partition coefficient (Wildman–Crippen LogP) is 9.54. The van der Waals surface area contributed by atoms with Gasteiger partial charge in [0.15, 0.2) is 0 Å². The Morgan fingerprint density at radius 2 is 0.781 bits per heavy atom. The van der Waals surface area contributed by atoms with Crippen LogP contribution in [0.3, 0.4) is 0 Å². The topological polar surface area (TPSA) is 0 Å². The van der Waals surface area contributed by atoms with E-state index in [1.807, 2.05) is 0 Å². The van der Waals surface area contributed by atoms with Crippen molar-refractivity contribution in [1.29, 1.82) is 0 Å². The summed E-state index contributed by atoms with van der Waals surface area (Å²) in [4.78, 5) is 0. The standard InChI is InChI=1S/C32H44/c1-3-15-27-21-23-29-17-11-7-6-10-14-20-32-26-28(16-4-2)22-24-30(32)18-12-8-5-9-13-19-31(29)25-27/h3-4,15-16,21-26H,5-14,17-20H2,1-2H3. The maximum absolute atomic E-state index is 2.45. The maximum atomic E-state index is 2.45. The number of allylic oxidation sites excluding steroid dienone is 2. The van der Waals surface area contributed by atoms with E-state index in [-0.39, 0.29) is 0 Å². The molecule has 2 aromatic carbocycles. The van der Waals surface area contributed by atoms with Crippen LogP contribution in [-0.4, -0.2) is 0 Å². The fraction of sp³-hybridized carbons (Fsp3) is 0.500. The zero-order valence-corrected chi connectivity index (χ0v) is 20.7. The second-order valence-corrected chi connectivity index (χ2v) is 9.59. The molecule has 0 spiro atoms. The van der Waals surface area contributed by atoms with Gasteiger partial charge in [0.2, 0.25) is 0 Å². The first-order chi connectivity index (χ1) is 15.8. The van der Waals surface area contributed by atoms with Crippen molar-refractivity contribution in [2.24, 2.45) is 0 Å². The Kier molecular flexibility index (Phi) is 10.9. The van der Waals surface area contributed by atoms with Crippen molar-refractivity contribution in [3.8, 4) is 0 Å². The Balaban J connectivity index is 1.63. The third kappa shape index (κ3) is 8.12. The summed E-state index contributed by atoms with van der Waals surface area (Å²) in [7, 11) is 0. The molecule has 0 saturated carbocycles. The van der Waals surface area contributed by atoms with E-state index in [9.17, 15) is 0 Å². The highest BCUT2D eigenvalue weighted by Gasteiger charge is 2.07. The van der Waals surface area contributed by atoms with Crippen LogP contribution in [0.1, 0.15) is 111 Å². The van der Waals surface area contributed by atoms with Crippen molar-refractivity contribution < 1.29 is 0 Å². The highest BCUT2D eigenvalue weighted by Crippen LogP contribution is 2.22. The lowest BCUT2D eigenvalue weighted by Crippen LogP contribution is -1.99. The summed E-state index contributed by atoms with van der Waals surface area (Å²) >= 11 is 0. The molecule has 0 atom stereocenters. The molecule has 1 aliphatic carbocycles. The first-order valence-corrected chi connectivity index (χ1v) is 13.3. The molecular formula is C32H44. The first kappa shape index (κ1) is 24.6. The molecule has 0 radical (unpaired) electrons. The Bertz CT molecular complexity index is 794. The lowest BCUT2D eigenvalue weighted by Gasteiger charge is -2.13. The third-order valence-corrected chi connectivity index (χ3v) is 6.96. The Morgan fingerprint density at radius 3 is 1.16 bits per heavy atom. The molecule has 0 N–H and O–H groups in total. The minimum Gasteiger partial charge on any atom is -0.0871 e. The molecule has 0 aromatic heterocycles. The van der Waals surface area contributed by atoms with Crippen LogP contribution in [0.25, 0.3) is 12.2 Å². The van der Waals surface area contributed by atoms with Crippen LogP contribution in [0.15, 0.2) is 48.6 Å². The summed E-state index contributed by atoms with van der Waals surface area (Å²) < 4.78 is 0. The molecule has 0 saturated heterocycles. The number of rotatable bonds is 2. The molecule has 0 bridgehead atoms. The van der Waals surface area contributed by atoms with Crippen LogP contribution in [0.4, 0.5) is 0 Å². The van der Waals surface area contributed by atoms with E-state index in [4.69, 9.17) is 0 Å². The highest BCUT2D eigenvalue weighted by molar-refractivity contribution is 5.52. The van der Waals surface area contributed by atoms with Gasteiger partial charge in [-0.1, -0.05) is 99.2 Å². The molecular weight excluding hydrogens is 384 g/mol. The third-order valence-electron chi connectivity index (χ3n) is 6.96. The van der Waals surface area contributed by atoms with Crippen molar-refractivity contribution in [1.82, 2.24) is 0 Å². The van der Waals surface area contributed by atoms with Crippen LogP contribution in [0.2, 0.25) is 0 Å². The van der Waals surface area contributed by atoms with Crippen LogP contribution >= 0.6 is 0 Å². The van der Waals surface area contributed by atoms with Crippen molar-refractivity contribution in [3.05, 3.63) is 81.9 Å². The van der Waals surface area contributed by atoms with E-state index in [0.29, 0.717) is 0 Å². The number of aryl methyl sites for hydroxylation is 4. The highest BCUT2D eigenvalue weighted by atomic mass is 14.1. The van der Waals surface area contributed by atoms with Crippen LogP contribution in [0, 0.1) is 0 Å². The number of hydrogen-bond acceptors (Lipinski definition) is 0. The van der Waals surface area contributed by atoms with E-state index in [1.54, 1.807) is 22.3 Å². The molecule has 0 fully saturated rings. The molecule has 0 unspecified atom stereocenters. The van der Waals surface area contributed by atoms with Crippen LogP contribution in [0.5, 0.6) is 0 Å². The summed E-state index contributed by atoms with van der Waals surface area (Å²) in [6, 6.07) is 14.3. The van der Waals surface area contributed by atoms with Crippen molar-refractivity contribution in [2.75, 3.05) is 0 Å². The molecule has 3 rings (SSSR count). The fourth-order valence-electron chi connectivity index (χ4n) is 5.16. The second-order valence-electron chi connectivity index (χ2n) is 9.59. The van der Waals surface area contributed by atoms with Gasteiger partial charge in [-0.3, -0.25) is 0 Å². The number of fused-ring (bicyclic) bond motifs is 2. The van der Waals surface area contributed by atoms with E-state index in [0.717, 1.165) is 0 Å². The van der Waals surface area contributed by atoms with Crippen molar-refractivity contribution in [2.45, 2.75) is 104 Å². The van der Waals surface area contributed by atoms with Gasteiger partial charge < -0.3 is 0 Å². The Hall–Kier alpha value is -2.08. The number of benzene rings is 2. The van der Waals surface area contributed by atoms with Crippen LogP contribution in [-0.2, 0) is 25.7 Å². The predicted molar refractivity (Wildman–Crippen MR) is 143 cm³/mol. The normalized spacial score (nSPS) is 17.6. The van der Waals surface area contributed by atoms with Gasteiger partial charge in [0.1, 0.15) is 0 Å². The average Bonchev–Trinajstić information content (AvgIpc) is 2.80. The lowest BCUT2D eigenvalue weighted by molar-refractivity contribution is 0.596. The summed E-state index contributed by atoms with van der Waals surface area (Å²) in [5, 5.41) is 0. The van der Waals surface area contributed by atoms with E-state index in [2.05, 4.69) is 74.5 Å². The maximum Gasteiger partial charge on any atom is -0.0257 e. The molecule has 0 heterocycles. The Morgan fingerprint density at radius 1 is 0.438 bits per heavy atom. The van der Waals surface area contributed by atoms with Gasteiger partial charge in [0.05, 0.1) is 0 Å². The lowest BCUT2D eigenvalue weighted by atomic mass is 9.92. The van der Waals surface area contributed by atoms with Crippen molar-refractivity contribution in [3.63, 3.8) is 0 Å². The van der Waals surface area contributed by atoms with Gasteiger partial charge in [-0.15, -0.1) is 0 Å². The van der Waals surface area contributed by atoms with Gasteiger partial charge in [-0.25, -0.2) is 0 Å². The van der Waals surface area contributed by atoms with Gasteiger partial charge in [-0.2, -0.15) is 0 Å². The monoisotopic (exact) mass is 428 g/mol. The SMILES string of the molecule is CC=Cc1ccc2c(c1)CCCCCCCc1ccc(C=CC)cc1CCCCCCC2. The smallest absolute Gasteiger partial charge is 0.0257 e. The largest absolute Gasteiger partial charge is 0.0871 e. The summed E-state index contributed by atoms with van der Waals surface area (Å²) in [6.45, 7) is 4.23. The van der Waals surface area contributed by atoms with Gasteiger partial charge in [-0.05, 0) is 98.6 Å². The summed E-state index contributed by atoms with van der Waals surface area (Å²) in [5.41, 5.74) is 9.14. The average molecular weight is 429 g/mol. The Labute approximate surface area is 197 Å². The van der Waals surface area contributed by atoms with Gasteiger partial charge >= 0.3 is 0 Å². The molecule has 172 valence electrons. The molecule has 2 aromatic rings. The molecule has 0 aliphatic heterocycles. The fourth-order valence-corrected chi connectivity index (χ4v) is 5.16. The van der Waals surface area contributed by atoms with E-state index in [1.165, 1.54) is 101 Å².